The van der Waals surface area contributed by atoms with Crippen LogP contribution in [0.1, 0.15) is 11.7 Å². The van der Waals surface area contributed by atoms with Crippen molar-refractivity contribution in [2.24, 2.45) is 0 Å². The van der Waals surface area contributed by atoms with Crippen molar-refractivity contribution in [1.82, 2.24) is 14.8 Å². The summed E-state index contributed by atoms with van der Waals surface area (Å²) in [5, 5.41) is 19.8. The Morgan fingerprint density at radius 2 is 1.50 bits per heavy atom. The van der Waals surface area contributed by atoms with Gasteiger partial charge in [0.05, 0.1) is 6.10 Å². The highest BCUT2D eigenvalue weighted by Gasteiger charge is 2.18. The predicted molar refractivity (Wildman–Crippen MR) is 109 cm³/mol. The number of hydrogen-bond donors (Lipinski definition) is 1. The Bertz CT molecular complexity index is 1040. The third-order valence-electron chi connectivity index (χ3n) is 4.30. The van der Waals surface area contributed by atoms with E-state index in [2.05, 4.69) is 10.2 Å². The van der Waals surface area contributed by atoms with E-state index in [0.717, 1.165) is 16.8 Å². The van der Waals surface area contributed by atoms with Crippen LogP contribution in [0.2, 0.25) is 0 Å². The van der Waals surface area contributed by atoms with Gasteiger partial charge in [0, 0.05) is 17.0 Å². The van der Waals surface area contributed by atoms with Gasteiger partial charge in [-0.05, 0) is 29.8 Å². The summed E-state index contributed by atoms with van der Waals surface area (Å²) in [6, 6.07) is 25.5. The standard InChI is InChI=1S/C22H18FN3OS/c23-18-11-13-19(14-12-18)26-21(17-9-5-2-6-10-17)24-25-22(26)28-15-20(27)16-7-3-1-4-8-16/h1-14,20,27H,15H2/t20-/m0/s1. The molecule has 140 valence electrons. The van der Waals surface area contributed by atoms with Crippen molar-refractivity contribution >= 4 is 11.8 Å². The smallest absolute Gasteiger partial charge is 0.196 e. The second kappa shape index (κ2) is 8.37. The Morgan fingerprint density at radius 1 is 0.857 bits per heavy atom. The van der Waals surface area contributed by atoms with Crippen molar-refractivity contribution in [3.63, 3.8) is 0 Å². The topological polar surface area (TPSA) is 50.9 Å². The number of hydrogen-bond acceptors (Lipinski definition) is 4. The Morgan fingerprint density at radius 3 is 2.18 bits per heavy atom. The summed E-state index contributed by atoms with van der Waals surface area (Å²) >= 11 is 1.41. The van der Waals surface area contributed by atoms with E-state index in [1.165, 1.54) is 23.9 Å². The fourth-order valence-corrected chi connectivity index (χ4v) is 3.80. The average Bonchev–Trinajstić information content (AvgIpc) is 3.18. The van der Waals surface area contributed by atoms with E-state index in [1.54, 1.807) is 12.1 Å². The summed E-state index contributed by atoms with van der Waals surface area (Å²) in [6.45, 7) is 0. The fraction of sp³-hybridized carbons (Fsp3) is 0.0909. The highest BCUT2D eigenvalue weighted by atomic mass is 32.2. The summed E-state index contributed by atoms with van der Waals surface area (Å²) in [6.07, 6.45) is -0.621. The summed E-state index contributed by atoms with van der Waals surface area (Å²) in [4.78, 5) is 0. The highest BCUT2D eigenvalue weighted by molar-refractivity contribution is 7.99. The molecule has 0 spiro atoms. The van der Waals surface area contributed by atoms with Crippen molar-refractivity contribution in [3.05, 3.63) is 96.3 Å². The summed E-state index contributed by atoms with van der Waals surface area (Å²) in [5.74, 6) is 0.800. The zero-order chi connectivity index (χ0) is 19.3. The number of thioether (sulfide) groups is 1. The van der Waals surface area contributed by atoms with Crippen molar-refractivity contribution in [2.45, 2.75) is 11.3 Å². The van der Waals surface area contributed by atoms with E-state index in [1.807, 2.05) is 65.2 Å². The molecule has 0 fully saturated rings. The minimum Gasteiger partial charge on any atom is -0.388 e. The lowest BCUT2D eigenvalue weighted by molar-refractivity contribution is 0.204. The lowest BCUT2D eigenvalue weighted by atomic mass is 10.1. The quantitative estimate of drug-likeness (QED) is 0.475. The first-order valence-corrected chi connectivity index (χ1v) is 9.83. The fourth-order valence-electron chi connectivity index (χ4n) is 2.89. The molecule has 0 saturated heterocycles. The lowest BCUT2D eigenvalue weighted by Gasteiger charge is -2.13. The van der Waals surface area contributed by atoms with Crippen LogP contribution in [0.5, 0.6) is 0 Å². The second-order valence-corrected chi connectivity index (χ2v) is 7.21. The maximum absolute atomic E-state index is 13.4. The van der Waals surface area contributed by atoms with Crippen LogP contribution in [0.15, 0.2) is 90.1 Å². The van der Waals surface area contributed by atoms with Crippen LogP contribution < -0.4 is 0 Å². The summed E-state index contributed by atoms with van der Waals surface area (Å²) < 4.78 is 15.3. The van der Waals surface area contributed by atoms with Crippen molar-refractivity contribution in [2.75, 3.05) is 5.75 Å². The zero-order valence-corrected chi connectivity index (χ0v) is 15.8. The van der Waals surface area contributed by atoms with E-state index in [9.17, 15) is 9.50 Å². The number of halogens is 1. The van der Waals surface area contributed by atoms with E-state index in [0.29, 0.717) is 16.7 Å². The lowest BCUT2D eigenvalue weighted by Crippen LogP contribution is -2.03. The van der Waals surface area contributed by atoms with E-state index < -0.39 is 6.10 Å². The van der Waals surface area contributed by atoms with Gasteiger partial charge in [-0.25, -0.2) is 4.39 Å². The number of rotatable bonds is 6. The van der Waals surface area contributed by atoms with E-state index >= 15 is 0 Å². The number of aliphatic hydroxyl groups is 1. The number of benzene rings is 3. The van der Waals surface area contributed by atoms with Gasteiger partial charge in [-0.3, -0.25) is 4.57 Å². The average molecular weight is 391 g/mol. The second-order valence-electron chi connectivity index (χ2n) is 6.22. The molecular formula is C22H18FN3OS. The first kappa shape index (κ1) is 18.4. The molecule has 1 N–H and O–H groups in total. The minimum atomic E-state index is -0.621. The molecule has 0 aliphatic rings. The Kier molecular flexibility index (Phi) is 5.50. The molecule has 6 heteroatoms. The molecule has 0 bridgehead atoms. The van der Waals surface area contributed by atoms with E-state index in [4.69, 9.17) is 0 Å². The van der Waals surface area contributed by atoms with Gasteiger partial charge in [-0.15, -0.1) is 10.2 Å². The highest BCUT2D eigenvalue weighted by Crippen LogP contribution is 2.30. The van der Waals surface area contributed by atoms with Gasteiger partial charge < -0.3 is 5.11 Å². The van der Waals surface area contributed by atoms with Gasteiger partial charge in [-0.2, -0.15) is 0 Å². The Balaban J connectivity index is 1.67. The van der Waals surface area contributed by atoms with Crippen LogP contribution >= 0.6 is 11.8 Å². The van der Waals surface area contributed by atoms with Crippen LogP contribution in [-0.4, -0.2) is 25.6 Å². The summed E-state index contributed by atoms with van der Waals surface area (Å²) in [5.41, 5.74) is 2.53. The van der Waals surface area contributed by atoms with Crippen molar-refractivity contribution in [1.29, 1.82) is 0 Å². The first-order valence-electron chi connectivity index (χ1n) is 8.85. The Hall–Kier alpha value is -2.96. The molecule has 28 heavy (non-hydrogen) atoms. The normalized spacial score (nSPS) is 12.1. The van der Waals surface area contributed by atoms with Crippen molar-refractivity contribution in [3.8, 4) is 17.1 Å². The molecule has 3 aromatic carbocycles. The molecule has 1 atom stereocenters. The molecule has 1 heterocycles. The molecule has 0 aliphatic carbocycles. The number of aromatic nitrogens is 3. The minimum absolute atomic E-state index is 0.299. The van der Waals surface area contributed by atoms with Crippen molar-refractivity contribution < 1.29 is 9.50 Å². The molecule has 4 nitrogen and oxygen atoms in total. The maximum atomic E-state index is 13.4. The van der Waals surface area contributed by atoms with Gasteiger partial charge in [0.2, 0.25) is 0 Å². The zero-order valence-electron chi connectivity index (χ0n) is 14.9. The molecule has 0 unspecified atom stereocenters. The number of aliphatic hydroxyl groups excluding tert-OH is 1. The molecule has 4 rings (SSSR count). The molecule has 0 radical (unpaired) electrons. The largest absolute Gasteiger partial charge is 0.388 e. The first-order chi connectivity index (χ1) is 13.7. The SMILES string of the molecule is O[C@@H](CSc1nnc(-c2ccccc2)n1-c1ccc(F)cc1)c1ccccc1. The van der Waals surface area contributed by atoms with Gasteiger partial charge in [0.25, 0.3) is 0 Å². The molecule has 1 aromatic heterocycles. The van der Waals surface area contributed by atoms with Crippen LogP contribution in [0.4, 0.5) is 4.39 Å². The predicted octanol–water partition coefficient (Wildman–Crippen LogP) is 4.90. The number of nitrogens with zero attached hydrogens (tertiary/aromatic N) is 3. The van der Waals surface area contributed by atoms with Crippen LogP contribution in [-0.2, 0) is 0 Å². The van der Waals surface area contributed by atoms with Gasteiger partial charge in [0.1, 0.15) is 5.82 Å². The molecule has 0 saturated carbocycles. The molecular weight excluding hydrogens is 373 g/mol. The molecule has 4 aromatic rings. The molecule has 0 amide bonds. The van der Waals surface area contributed by atoms with Crippen LogP contribution in [0, 0.1) is 5.82 Å². The van der Waals surface area contributed by atoms with Gasteiger partial charge in [-0.1, -0.05) is 72.4 Å². The maximum Gasteiger partial charge on any atom is 0.196 e. The van der Waals surface area contributed by atoms with Crippen LogP contribution in [0.3, 0.4) is 0 Å². The van der Waals surface area contributed by atoms with E-state index in [-0.39, 0.29) is 5.82 Å². The molecule has 0 aliphatic heterocycles. The summed E-state index contributed by atoms with van der Waals surface area (Å²) in [7, 11) is 0. The monoisotopic (exact) mass is 391 g/mol. The third-order valence-corrected chi connectivity index (χ3v) is 5.31. The third kappa shape index (κ3) is 3.98. The Labute approximate surface area is 166 Å². The van der Waals surface area contributed by atoms with Gasteiger partial charge >= 0.3 is 0 Å². The van der Waals surface area contributed by atoms with Crippen LogP contribution in [0.25, 0.3) is 17.1 Å². The van der Waals surface area contributed by atoms with Gasteiger partial charge in [0.15, 0.2) is 11.0 Å².